The van der Waals surface area contributed by atoms with Crippen LogP contribution in [0.5, 0.6) is 0 Å². The molecule has 2 N–H and O–H groups in total. The topological polar surface area (TPSA) is 57.5 Å². The first-order chi connectivity index (χ1) is 14.7. The highest BCUT2D eigenvalue weighted by Crippen LogP contribution is 2.19. The van der Waals surface area contributed by atoms with Crippen molar-refractivity contribution >= 4 is 35.6 Å². The van der Waals surface area contributed by atoms with Crippen molar-refractivity contribution in [3.8, 4) is 5.69 Å². The summed E-state index contributed by atoms with van der Waals surface area (Å²) >= 11 is 0. The van der Waals surface area contributed by atoms with Crippen LogP contribution >= 0.6 is 24.0 Å². The molecule has 0 saturated heterocycles. The average Bonchev–Trinajstić information content (AvgIpc) is 3.51. The summed E-state index contributed by atoms with van der Waals surface area (Å²) in [4.78, 5) is 6.75. The van der Waals surface area contributed by atoms with Crippen molar-refractivity contribution in [2.75, 3.05) is 25.0 Å². The molecular weight excluding hydrogens is 499 g/mol. The highest BCUT2D eigenvalue weighted by molar-refractivity contribution is 14.0. The van der Waals surface area contributed by atoms with Gasteiger partial charge in [-0.05, 0) is 48.4 Å². The lowest BCUT2D eigenvalue weighted by Gasteiger charge is -2.20. The van der Waals surface area contributed by atoms with Gasteiger partial charge >= 0.3 is 0 Å². The second kappa shape index (κ2) is 11.0. The molecule has 1 aliphatic rings. The maximum absolute atomic E-state index is 4.40. The largest absolute Gasteiger partial charge is 0.364 e. The highest BCUT2D eigenvalue weighted by atomic mass is 127. The summed E-state index contributed by atoms with van der Waals surface area (Å²) in [6.45, 7) is 4.81. The van der Waals surface area contributed by atoms with Crippen molar-refractivity contribution in [3.05, 3.63) is 90.3 Å². The van der Waals surface area contributed by atoms with Crippen LogP contribution in [0.15, 0.2) is 84.1 Å². The van der Waals surface area contributed by atoms with E-state index in [-0.39, 0.29) is 30.0 Å². The van der Waals surface area contributed by atoms with Gasteiger partial charge in [-0.15, -0.1) is 24.0 Å². The van der Waals surface area contributed by atoms with Crippen molar-refractivity contribution in [2.24, 2.45) is 4.99 Å². The van der Waals surface area contributed by atoms with E-state index in [1.807, 2.05) is 16.9 Å². The first-order valence-electron chi connectivity index (χ1n) is 10.3. The normalized spacial score (nSPS) is 14.3. The standard InChI is InChI=1S/C24H28N6.HI/c1-19(21-9-6-11-23(17-21)30-15-7-12-27-30)28-24(25-2)26-18-20-8-5-10-22(16-20)29-13-3-4-14-29;/h3-12,15-17,19H,13-14,18H2,1-2H3,(H2,25,26,28);1H. The van der Waals surface area contributed by atoms with E-state index in [0.29, 0.717) is 0 Å². The van der Waals surface area contributed by atoms with Crippen LogP contribution in [0, 0.1) is 0 Å². The Kier molecular flexibility index (Phi) is 8.11. The number of hydrogen-bond donors (Lipinski definition) is 2. The summed E-state index contributed by atoms with van der Waals surface area (Å²) in [5, 5.41) is 11.2. The third-order valence-electron chi connectivity index (χ3n) is 5.27. The average molecular weight is 528 g/mol. The summed E-state index contributed by atoms with van der Waals surface area (Å²) in [5.74, 6) is 0.778. The van der Waals surface area contributed by atoms with Crippen LogP contribution in [0.3, 0.4) is 0 Å². The number of nitrogens with one attached hydrogen (secondary N) is 2. The van der Waals surface area contributed by atoms with Gasteiger partial charge in [-0.2, -0.15) is 5.10 Å². The SMILES string of the molecule is CN=C(NCc1cccc(N2CC=CC2)c1)NC(C)c1cccc(-n2cccn2)c1.I. The Bertz CT molecular complexity index is 1020. The van der Waals surface area contributed by atoms with Gasteiger partial charge in [0, 0.05) is 44.8 Å². The predicted octanol–water partition coefficient (Wildman–Crippen LogP) is 4.29. The number of guanidine groups is 1. The monoisotopic (exact) mass is 528 g/mol. The molecule has 162 valence electrons. The van der Waals surface area contributed by atoms with Crippen LogP contribution in [0.25, 0.3) is 5.69 Å². The van der Waals surface area contributed by atoms with Gasteiger partial charge in [0.2, 0.25) is 0 Å². The van der Waals surface area contributed by atoms with Gasteiger partial charge in [0.1, 0.15) is 0 Å². The molecule has 1 aromatic heterocycles. The summed E-state index contributed by atoms with van der Waals surface area (Å²) in [7, 11) is 1.80. The maximum atomic E-state index is 4.40. The van der Waals surface area contributed by atoms with E-state index in [2.05, 4.69) is 93.2 Å². The van der Waals surface area contributed by atoms with Crippen LogP contribution in [-0.2, 0) is 6.54 Å². The first-order valence-corrected chi connectivity index (χ1v) is 10.3. The Balaban J connectivity index is 0.00000272. The molecule has 1 unspecified atom stereocenters. The maximum Gasteiger partial charge on any atom is 0.191 e. The fourth-order valence-electron chi connectivity index (χ4n) is 3.58. The number of nitrogens with zero attached hydrogens (tertiary/aromatic N) is 4. The predicted molar refractivity (Wildman–Crippen MR) is 139 cm³/mol. The number of aromatic nitrogens is 2. The molecule has 0 saturated carbocycles. The second-order valence-corrected chi connectivity index (χ2v) is 7.38. The molecule has 2 heterocycles. The molecule has 4 rings (SSSR count). The molecule has 7 heteroatoms. The molecule has 1 aliphatic heterocycles. The minimum Gasteiger partial charge on any atom is -0.364 e. The van der Waals surface area contributed by atoms with Crippen LogP contribution < -0.4 is 15.5 Å². The van der Waals surface area contributed by atoms with Crippen molar-refractivity contribution in [1.29, 1.82) is 0 Å². The molecule has 2 aromatic carbocycles. The van der Waals surface area contributed by atoms with E-state index < -0.39 is 0 Å². The Morgan fingerprint density at radius 2 is 1.84 bits per heavy atom. The zero-order chi connectivity index (χ0) is 20.8. The minimum absolute atomic E-state index is 0. The van der Waals surface area contributed by atoms with E-state index in [1.54, 1.807) is 13.2 Å². The fourth-order valence-corrected chi connectivity index (χ4v) is 3.58. The van der Waals surface area contributed by atoms with Crippen LogP contribution in [-0.4, -0.2) is 35.9 Å². The van der Waals surface area contributed by atoms with Gasteiger partial charge in [0.05, 0.1) is 11.7 Å². The summed E-state index contributed by atoms with van der Waals surface area (Å²) in [6.07, 6.45) is 8.15. The molecule has 0 bridgehead atoms. The zero-order valence-corrected chi connectivity index (χ0v) is 20.2. The first kappa shape index (κ1) is 22.9. The van der Waals surface area contributed by atoms with Crippen molar-refractivity contribution in [3.63, 3.8) is 0 Å². The van der Waals surface area contributed by atoms with Gasteiger partial charge < -0.3 is 15.5 Å². The van der Waals surface area contributed by atoms with Crippen molar-refractivity contribution in [1.82, 2.24) is 20.4 Å². The molecule has 31 heavy (non-hydrogen) atoms. The number of hydrogen-bond acceptors (Lipinski definition) is 3. The molecule has 0 radical (unpaired) electrons. The molecular formula is C24H29IN6. The summed E-state index contributed by atoms with van der Waals surface area (Å²) in [6, 6.07) is 19.1. The van der Waals surface area contributed by atoms with E-state index >= 15 is 0 Å². The zero-order valence-electron chi connectivity index (χ0n) is 17.9. The van der Waals surface area contributed by atoms with E-state index in [1.165, 1.54) is 16.8 Å². The Morgan fingerprint density at radius 3 is 2.58 bits per heavy atom. The van der Waals surface area contributed by atoms with Crippen LogP contribution in [0.2, 0.25) is 0 Å². The fraction of sp³-hybridized carbons (Fsp3) is 0.250. The van der Waals surface area contributed by atoms with Gasteiger partial charge in [-0.25, -0.2) is 4.68 Å². The molecule has 0 amide bonds. The number of rotatable bonds is 6. The minimum atomic E-state index is 0. The van der Waals surface area contributed by atoms with Gasteiger partial charge in [-0.1, -0.05) is 36.4 Å². The Morgan fingerprint density at radius 1 is 1.06 bits per heavy atom. The summed E-state index contributed by atoms with van der Waals surface area (Å²) < 4.78 is 1.87. The molecule has 1 atom stereocenters. The molecule has 0 aliphatic carbocycles. The number of halogens is 1. The smallest absolute Gasteiger partial charge is 0.191 e. The molecule has 6 nitrogen and oxygen atoms in total. The lowest BCUT2D eigenvalue weighted by molar-refractivity contribution is 0.684. The number of anilines is 1. The number of aliphatic imine (C=N–C) groups is 1. The molecule has 0 spiro atoms. The van der Waals surface area contributed by atoms with Crippen LogP contribution in [0.1, 0.15) is 24.1 Å². The van der Waals surface area contributed by atoms with Crippen molar-refractivity contribution in [2.45, 2.75) is 19.5 Å². The summed E-state index contributed by atoms with van der Waals surface area (Å²) in [5.41, 5.74) is 4.71. The highest BCUT2D eigenvalue weighted by Gasteiger charge is 2.11. The third-order valence-corrected chi connectivity index (χ3v) is 5.27. The molecule has 0 fully saturated rings. The lowest BCUT2D eigenvalue weighted by Crippen LogP contribution is -2.38. The quantitative estimate of drug-likeness (QED) is 0.217. The second-order valence-electron chi connectivity index (χ2n) is 7.38. The van der Waals surface area contributed by atoms with Gasteiger partial charge in [0.15, 0.2) is 5.96 Å². The van der Waals surface area contributed by atoms with E-state index in [0.717, 1.165) is 31.3 Å². The van der Waals surface area contributed by atoms with E-state index in [9.17, 15) is 0 Å². The molecule has 3 aromatic rings. The van der Waals surface area contributed by atoms with Crippen LogP contribution in [0.4, 0.5) is 5.69 Å². The van der Waals surface area contributed by atoms with Gasteiger partial charge in [-0.3, -0.25) is 4.99 Å². The van der Waals surface area contributed by atoms with Gasteiger partial charge in [0.25, 0.3) is 0 Å². The Hall–Kier alpha value is -2.81. The van der Waals surface area contributed by atoms with Crippen molar-refractivity contribution < 1.29 is 0 Å². The number of benzene rings is 2. The lowest BCUT2D eigenvalue weighted by atomic mass is 10.1. The third kappa shape index (κ3) is 5.88. The van der Waals surface area contributed by atoms with E-state index in [4.69, 9.17) is 0 Å². The Labute approximate surface area is 201 Å².